The van der Waals surface area contributed by atoms with Gasteiger partial charge in [0.15, 0.2) is 0 Å². The summed E-state index contributed by atoms with van der Waals surface area (Å²) in [4.78, 5) is 0. The van der Waals surface area contributed by atoms with Gasteiger partial charge in [-0.05, 0) is 44.6 Å². The normalized spacial score (nSPS) is 13.0. The van der Waals surface area contributed by atoms with Gasteiger partial charge in [-0.1, -0.05) is 64.0 Å². The largest absolute Gasteiger partial charge is 0.544 e. The number of aryl methyl sites for hydroxylation is 1. The summed E-state index contributed by atoms with van der Waals surface area (Å²) in [5.74, 6) is 1.42. The summed E-state index contributed by atoms with van der Waals surface area (Å²) in [5, 5.41) is 0.979. The van der Waals surface area contributed by atoms with Crippen LogP contribution in [0.2, 0.25) is 19.6 Å². The van der Waals surface area contributed by atoms with Crippen LogP contribution in [0, 0.1) is 6.92 Å². The smallest absolute Gasteiger partial charge is 0.242 e. The third-order valence-corrected chi connectivity index (χ3v) is 4.85. The van der Waals surface area contributed by atoms with Crippen LogP contribution in [0.5, 0.6) is 5.75 Å². The first-order valence-corrected chi connectivity index (χ1v) is 12.3. The Morgan fingerprint density at radius 1 is 1.05 bits per heavy atom. The number of benzene rings is 2. The third kappa shape index (κ3) is 4.72. The van der Waals surface area contributed by atoms with E-state index < -0.39 is 8.32 Å². The highest BCUT2D eigenvalue weighted by molar-refractivity contribution is 9.09. The molecule has 2 aromatic carbocycles. The topological polar surface area (TPSA) is 9.23 Å². The Hall–Kier alpha value is -1.06. The Morgan fingerprint density at radius 3 is 2.32 bits per heavy atom. The van der Waals surface area contributed by atoms with Gasteiger partial charge < -0.3 is 4.43 Å². The molecule has 0 N–H and O–H groups in total. The molecule has 0 saturated heterocycles. The van der Waals surface area contributed by atoms with Crippen molar-refractivity contribution in [2.45, 2.75) is 38.9 Å². The van der Waals surface area contributed by atoms with Crippen LogP contribution in [0.15, 0.2) is 48.5 Å². The molecule has 22 heavy (non-hydrogen) atoms. The molecule has 0 radical (unpaired) electrons. The average molecular weight is 377 g/mol. The van der Waals surface area contributed by atoms with Gasteiger partial charge in [0.2, 0.25) is 8.32 Å². The maximum atomic E-state index is 6.36. The molecule has 118 valence electrons. The van der Waals surface area contributed by atoms with E-state index in [9.17, 15) is 0 Å². The van der Waals surface area contributed by atoms with E-state index in [2.05, 4.69) is 91.0 Å². The molecular weight excluding hydrogens is 352 g/mol. The maximum Gasteiger partial charge on any atom is 0.242 e. The Balaban J connectivity index is 2.48. The second-order valence-electron chi connectivity index (χ2n) is 6.70. The van der Waals surface area contributed by atoms with Gasteiger partial charge in [-0.25, -0.2) is 0 Å². The number of hydrogen-bond donors (Lipinski definition) is 0. The van der Waals surface area contributed by atoms with Gasteiger partial charge in [-0.2, -0.15) is 0 Å². The van der Waals surface area contributed by atoms with Crippen LogP contribution < -0.4 is 4.43 Å². The van der Waals surface area contributed by atoms with Crippen molar-refractivity contribution in [3.8, 4) is 5.75 Å². The number of alkyl halides is 1. The molecule has 0 heterocycles. The van der Waals surface area contributed by atoms with E-state index >= 15 is 0 Å². The Bertz CT molecular complexity index is 605. The summed E-state index contributed by atoms with van der Waals surface area (Å²) in [6, 6.07) is 17.3. The molecule has 0 aromatic heterocycles. The lowest BCUT2D eigenvalue weighted by molar-refractivity contribution is 0.542. The standard InChI is InChI=1S/C19H25BrOSi/c1-15-10-11-19(21-22(2,3)4)18(14-15)17(12-13-20)16-8-6-5-7-9-16/h5-11,14,17H,12-13H2,1-4H3. The predicted octanol–water partition coefficient (Wildman–Crippen LogP) is 6.13. The number of halogens is 1. The Kier molecular flexibility index (Phi) is 5.87. The highest BCUT2D eigenvalue weighted by Crippen LogP contribution is 2.36. The molecule has 1 atom stereocenters. The van der Waals surface area contributed by atoms with Crippen molar-refractivity contribution in [2.75, 3.05) is 5.33 Å². The number of hydrogen-bond acceptors (Lipinski definition) is 1. The van der Waals surface area contributed by atoms with Crippen LogP contribution in [0.25, 0.3) is 0 Å². The van der Waals surface area contributed by atoms with Gasteiger partial charge in [0.1, 0.15) is 5.75 Å². The van der Waals surface area contributed by atoms with Gasteiger partial charge in [-0.3, -0.25) is 0 Å². The average Bonchev–Trinajstić information content (AvgIpc) is 2.46. The Labute approximate surface area is 144 Å². The second kappa shape index (κ2) is 7.47. The summed E-state index contributed by atoms with van der Waals surface area (Å²) in [7, 11) is -1.63. The fourth-order valence-electron chi connectivity index (χ4n) is 2.66. The number of rotatable bonds is 6. The minimum absolute atomic E-state index is 0.367. The third-order valence-electron chi connectivity index (χ3n) is 3.56. The van der Waals surface area contributed by atoms with E-state index in [-0.39, 0.29) is 0 Å². The molecule has 0 aliphatic carbocycles. The molecule has 1 nitrogen and oxygen atoms in total. The van der Waals surface area contributed by atoms with Crippen LogP contribution in [0.4, 0.5) is 0 Å². The molecule has 0 saturated carbocycles. The first-order chi connectivity index (χ1) is 10.4. The van der Waals surface area contributed by atoms with Crippen molar-refractivity contribution >= 4 is 24.2 Å². The van der Waals surface area contributed by atoms with E-state index in [4.69, 9.17) is 4.43 Å². The zero-order valence-electron chi connectivity index (χ0n) is 13.9. The van der Waals surface area contributed by atoms with Crippen LogP contribution in [-0.4, -0.2) is 13.6 Å². The van der Waals surface area contributed by atoms with Crippen LogP contribution in [-0.2, 0) is 0 Å². The van der Waals surface area contributed by atoms with E-state index in [0.717, 1.165) is 17.5 Å². The van der Waals surface area contributed by atoms with Gasteiger partial charge in [0.25, 0.3) is 0 Å². The van der Waals surface area contributed by atoms with Crippen LogP contribution in [0.3, 0.4) is 0 Å². The van der Waals surface area contributed by atoms with Gasteiger partial charge in [-0.15, -0.1) is 0 Å². The van der Waals surface area contributed by atoms with Crippen molar-refractivity contribution in [3.63, 3.8) is 0 Å². The van der Waals surface area contributed by atoms with Crippen molar-refractivity contribution < 1.29 is 4.43 Å². The van der Waals surface area contributed by atoms with Gasteiger partial charge in [0, 0.05) is 16.8 Å². The van der Waals surface area contributed by atoms with Crippen LogP contribution >= 0.6 is 15.9 Å². The zero-order chi connectivity index (χ0) is 16.2. The molecular formula is C19H25BrOSi. The predicted molar refractivity (Wildman–Crippen MR) is 102 cm³/mol. The van der Waals surface area contributed by atoms with E-state index in [1.807, 2.05) is 0 Å². The minimum atomic E-state index is -1.63. The molecule has 0 aliphatic rings. The van der Waals surface area contributed by atoms with Crippen molar-refractivity contribution in [1.29, 1.82) is 0 Å². The van der Waals surface area contributed by atoms with Crippen LogP contribution in [0.1, 0.15) is 29.0 Å². The second-order valence-corrected chi connectivity index (χ2v) is 11.9. The lowest BCUT2D eigenvalue weighted by Gasteiger charge is -2.26. The quantitative estimate of drug-likeness (QED) is 0.435. The molecule has 3 heteroatoms. The molecule has 0 amide bonds. The molecule has 0 fully saturated rings. The van der Waals surface area contributed by atoms with Gasteiger partial charge >= 0.3 is 0 Å². The summed E-state index contributed by atoms with van der Waals surface area (Å²) in [6.45, 7) is 8.86. The van der Waals surface area contributed by atoms with Crippen molar-refractivity contribution in [3.05, 3.63) is 65.2 Å². The first-order valence-electron chi connectivity index (χ1n) is 7.81. The molecule has 2 aromatic rings. The highest BCUT2D eigenvalue weighted by atomic mass is 79.9. The molecule has 0 aliphatic heterocycles. The Morgan fingerprint density at radius 2 is 1.73 bits per heavy atom. The summed E-state index contributed by atoms with van der Waals surface area (Å²) < 4.78 is 6.36. The summed E-state index contributed by atoms with van der Waals surface area (Å²) in [6.07, 6.45) is 1.07. The molecule has 0 spiro atoms. The summed E-state index contributed by atoms with van der Waals surface area (Å²) in [5.41, 5.74) is 3.95. The lowest BCUT2D eigenvalue weighted by Crippen LogP contribution is -2.30. The van der Waals surface area contributed by atoms with Gasteiger partial charge in [0.05, 0.1) is 0 Å². The lowest BCUT2D eigenvalue weighted by atomic mass is 9.88. The monoisotopic (exact) mass is 376 g/mol. The minimum Gasteiger partial charge on any atom is -0.544 e. The van der Waals surface area contributed by atoms with E-state index in [0.29, 0.717) is 5.92 Å². The fraction of sp³-hybridized carbons (Fsp3) is 0.368. The maximum absolute atomic E-state index is 6.36. The first kappa shape index (κ1) is 17.3. The van der Waals surface area contributed by atoms with Crippen molar-refractivity contribution in [2.24, 2.45) is 0 Å². The fourth-order valence-corrected chi connectivity index (χ4v) is 3.96. The van der Waals surface area contributed by atoms with E-state index in [1.54, 1.807) is 0 Å². The molecule has 2 rings (SSSR count). The van der Waals surface area contributed by atoms with Crippen molar-refractivity contribution in [1.82, 2.24) is 0 Å². The summed E-state index contributed by atoms with van der Waals surface area (Å²) >= 11 is 3.62. The SMILES string of the molecule is Cc1ccc(O[Si](C)(C)C)c(C(CCBr)c2ccccc2)c1. The zero-order valence-corrected chi connectivity index (χ0v) is 16.5. The molecule has 1 unspecified atom stereocenters. The highest BCUT2D eigenvalue weighted by Gasteiger charge is 2.22. The van der Waals surface area contributed by atoms with E-state index in [1.165, 1.54) is 16.7 Å². The molecule has 0 bridgehead atoms.